The van der Waals surface area contributed by atoms with Gasteiger partial charge in [-0.2, -0.15) is 0 Å². The fourth-order valence-corrected chi connectivity index (χ4v) is 1.98. The first-order chi connectivity index (χ1) is 10.5. The highest BCUT2D eigenvalue weighted by atomic mass is 19.2. The first-order valence-electron chi connectivity index (χ1n) is 6.34. The SMILES string of the molecule is O=C(Nc1ccc(F)c(F)c1)c1cc(=O)c2ccccc2o1. The van der Waals surface area contributed by atoms with Crippen LogP contribution in [0.15, 0.2) is 57.7 Å². The van der Waals surface area contributed by atoms with Crippen LogP contribution in [0.1, 0.15) is 10.6 Å². The molecule has 110 valence electrons. The van der Waals surface area contributed by atoms with Crippen LogP contribution in [-0.4, -0.2) is 5.91 Å². The number of fused-ring (bicyclic) bond motifs is 1. The minimum Gasteiger partial charge on any atom is -0.451 e. The molecule has 0 fully saturated rings. The van der Waals surface area contributed by atoms with Crippen molar-refractivity contribution in [2.75, 3.05) is 5.32 Å². The molecule has 2 aromatic carbocycles. The maximum atomic E-state index is 13.1. The van der Waals surface area contributed by atoms with Crippen molar-refractivity contribution in [3.05, 3.63) is 76.1 Å². The molecule has 0 saturated heterocycles. The van der Waals surface area contributed by atoms with Crippen LogP contribution >= 0.6 is 0 Å². The van der Waals surface area contributed by atoms with Crippen molar-refractivity contribution in [2.24, 2.45) is 0 Å². The Morgan fingerprint density at radius 3 is 2.55 bits per heavy atom. The number of nitrogens with one attached hydrogen (secondary N) is 1. The molecule has 4 nitrogen and oxygen atoms in total. The second-order valence-electron chi connectivity index (χ2n) is 4.55. The summed E-state index contributed by atoms with van der Waals surface area (Å²) in [6, 6.07) is 10.5. The summed E-state index contributed by atoms with van der Waals surface area (Å²) in [6.45, 7) is 0. The average molecular weight is 301 g/mol. The first kappa shape index (κ1) is 13.9. The molecule has 1 aromatic heterocycles. The van der Waals surface area contributed by atoms with Crippen LogP contribution < -0.4 is 10.7 Å². The first-order valence-corrected chi connectivity index (χ1v) is 6.34. The summed E-state index contributed by atoms with van der Waals surface area (Å²) in [6.07, 6.45) is 0. The van der Waals surface area contributed by atoms with Gasteiger partial charge in [0, 0.05) is 17.8 Å². The molecule has 1 amide bonds. The number of benzene rings is 2. The van der Waals surface area contributed by atoms with Gasteiger partial charge in [0.05, 0.1) is 5.39 Å². The molecule has 0 radical (unpaired) electrons. The number of carbonyl (C=O) groups excluding carboxylic acids is 1. The summed E-state index contributed by atoms with van der Waals surface area (Å²) >= 11 is 0. The van der Waals surface area contributed by atoms with E-state index in [4.69, 9.17) is 4.42 Å². The molecule has 0 bridgehead atoms. The maximum Gasteiger partial charge on any atom is 0.291 e. The van der Waals surface area contributed by atoms with Crippen molar-refractivity contribution < 1.29 is 18.0 Å². The molecule has 0 saturated carbocycles. The third-order valence-electron chi connectivity index (χ3n) is 3.04. The second kappa shape index (κ2) is 5.40. The van der Waals surface area contributed by atoms with E-state index in [0.29, 0.717) is 5.39 Å². The van der Waals surface area contributed by atoms with E-state index in [1.54, 1.807) is 24.3 Å². The Labute approximate surface area is 123 Å². The van der Waals surface area contributed by atoms with E-state index in [-0.39, 0.29) is 22.5 Å². The van der Waals surface area contributed by atoms with Crippen molar-refractivity contribution in [1.82, 2.24) is 0 Å². The number of anilines is 1. The van der Waals surface area contributed by atoms with Crippen molar-refractivity contribution >= 4 is 22.6 Å². The largest absolute Gasteiger partial charge is 0.451 e. The van der Waals surface area contributed by atoms with Crippen LogP contribution in [0.5, 0.6) is 0 Å². The molecule has 6 heteroatoms. The highest BCUT2D eigenvalue weighted by molar-refractivity contribution is 6.02. The molecule has 3 rings (SSSR count). The summed E-state index contributed by atoms with van der Waals surface area (Å²) < 4.78 is 31.3. The van der Waals surface area contributed by atoms with E-state index in [0.717, 1.165) is 18.2 Å². The van der Waals surface area contributed by atoms with Gasteiger partial charge < -0.3 is 9.73 Å². The van der Waals surface area contributed by atoms with Crippen LogP contribution in [0.4, 0.5) is 14.5 Å². The Morgan fingerprint density at radius 2 is 1.77 bits per heavy atom. The predicted molar refractivity (Wildman–Crippen MR) is 76.8 cm³/mol. The monoisotopic (exact) mass is 301 g/mol. The molecule has 3 aromatic rings. The molecule has 0 unspecified atom stereocenters. The molecule has 0 aliphatic heterocycles. The Balaban J connectivity index is 1.95. The normalized spacial score (nSPS) is 10.6. The summed E-state index contributed by atoms with van der Waals surface area (Å²) in [7, 11) is 0. The summed E-state index contributed by atoms with van der Waals surface area (Å²) in [5, 5.41) is 2.69. The van der Waals surface area contributed by atoms with Crippen molar-refractivity contribution in [3.63, 3.8) is 0 Å². The molecule has 1 heterocycles. The molecule has 0 atom stereocenters. The van der Waals surface area contributed by atoms with Gasteiger partial charge in [-0.1, -0.05) is 12.1 Å². The number of carbonyl (C=O) groups is 1. The lowest BCUT2D eigenvalue weighted by Gasteiger charge is -2.05. The van der Waals surface area contributed by atoms with E-state index in [1.165, 1.54) is 6.07 Å². The van der Waals surface area contributed by atoms with E-state index in [9.17, 15) is 18.4 Å². The second-order valence-corrected chi connectivity index (χ2v) is 4.55. The lowest BCUT2D eigenvalue weighted by Crippen LogP contribution is -2.15. The standard InChI is InChI=1S/C16H9F2NO3/c17-11-6-5-9(7-12(11)18)19-16(21)15-8-13(20)10-3-1-2-4-14(10)22-15/h1-8H,(H,19,21). The Morgan fingerprint density at radius 1 is 1.00 bits per heavy atom. The van der Waals surface area contributed by atoms with Crippen LogP contribution in [0, 0.1) is 11.6 Å². The topological polar surface area (TPSA) is 59.3 Å². The zero-order valence-corrected chi connectivity index (χ0v) is 11.1. The van der Waals surface area contributed by atoms with Crippen LogP contribution in [0.3, 0.4) is 0 Å². The highest BCUT2D eigenvalue weighted by Gasteiger charge is 2.13. The quantitative estimate of drug-likeness (QED) is 0.790. The fraction of sp³-hybridized carbons (Fsp3) is 0. The van der Waals surface area contributed by atoms with Gasteiger partial charge in [0.1, 0.15) is 5.58 Å². The Hall–Kier alpha value is -3.02. The van der Waals surface area contributed by atoms with E-state index >= 15 is 0 Å². The minimum atomic E-state index is -1.09. The number of hydrogen-bond acceptors (Lipinski definition) is 3. The van der Waals surface area contributed by atoms with Gasteiger partial charge in [0.2, 0.25) is 0 Å². The smallest absolute Gasteiger partial charge is 0.291 e. The maximum absolute atomic E-state index is 13.1. The molecule has 0 aliphatic rings. The average Bonchev–Trinajstić information content (AvgIpc) is 2.51. The lowest BCUT2D eigenvalue weighted by molar-refractivity contribution is 0.0997. The van der Waals surface area contributed by atoms with Gasteiger partial charge in [0.25, 0.3) is 5.91 Å². The molecule has 1 N–H and O–H groups in total. The fourth-order valence-electron chi connectivity index (χ4n) is 1.98. The van der Waals surface area contributed by atoms with Crippen LogP contribution in [0.2, 0.25) is 0 Å². The van der Waals surface area contributed by atoms with Crippen LogP contribution in [0.25, 0.3) is 11.0 Å². The number of rotatable bonds is 2. The molecular formula is C16H9F2NO3. The number of amides is 1. The van der Waals surface area contributed by atoms with Gasteiger partial charge >= 0.3 is 0 Å². The zero-order chi connectivity index (χ0) is 15.7. The molecule has 22 heavy (non-hydrogen) atoms. The minimum absolute atomic E-state index is 0.0553. The summed E-state index contributed by atoms with van der Waals surface area (Å²) in [5.74, 6) is -3.05. The predicted octanol–water partition coefficient (Wildman–Crippen LogP) is 3.32. The lowest BCUT2D eigenvalue weighted by atomic mass is 10.2. The third-order valence-corrected chi connectivity index (χ3v) is 3.04. The van der Waals surface area contributed by atoms with Gasteiger partial charge in [-0.3, -0.25) is 9.59 Å². The molecule has 0 aliphatic carbocycles. The Bertz CT molecular complexity index is 934. The highest BCUT2D eigenvalue weighted by Crippen LogP contribution is 2.16. The summed E-state index contributed by atoms with van der Waals surface area (Å²) in [4.78, 5) is 24.0. The number of hydrogen-bond donors (Lipinski definition) is 1. The van der Waals surface area contributed by atoms with Crippen molar-refractivity contribution in [1.29, 1.82) is 0 Å². The molecule has 0 spiro atoms. The van der Waals surface area contributed by atoms with Crippen LogP contribution in [-0.2, 0) is 0 Å². The number of halogens is 2. The van der Waals surface area contributed by atoms with Gasteiger partial charge in [-0.15, -0.1) is 0 Å². The van der Waals surface area contributed by atoms with E-state index in [1.807, 2.05) is 0 Å². The van der Waals surface area contributed by atoms with Crippen molar-refractivity contribution in [3.8, 4) is 0 Å². The summed E-state index contributed by atoms with van der Waals surface area (Å²) in [5.41, 5.74) is -0.0394. The van der Waals surface area contributed by atoms with Gasteiger partial charge in [-0.05, 0) is 24.3 Å². The van der Waals surface area contributed by atoms with Gasteiger partial charge in [-0.25, -0.2) is 8.78 Å². The Kier molecular flexibility index (Phi) is 3.42. The third kappa shape index (κ3) is 2.58. The van der Waals surface area contributed by atoms with Crippen molar-refractivity contribution in [2.45, 2.75) is 0 Å². The van der Waals surface area contributed by atoms with Gasteiger partial charge in [0.15, 0.2) is 22.8 Å². The number of para-hydroxylation sites is 1. The molecular weight excluding hydrogens is 292 g/mol. The zero-order valence-electron chi connectivity index (χ0n) is 11.1. The van der Waals surface area contributed by atoms with E-state index < -0.39 is 17.5 Å². The van der Waals surface area contributed by atoms with E-state index in [2.05, 4.69) is 5.32 Å².